The summed E-state index contributed by atoms with van der Waals surface area (Å²) in [6.45, 7) is 18.2. The first kappa shape index (κ1) is 50.3. The van der Waals surface area contributed by atoms with E-state index in [0.29, 0.717) is 50.8 Å². The molecule has 2 bridgehead atoms. The van der Waals surface area contributed by atoms with Gasteiger partial charge in [-0.15, -0.1) is 0 Å². The van der Waals surface area contributed by atoms with Crippen molar-refractivity contribution in [3.8, 4) is 0 Å². The Hall–Kier alpha value is -2.39. The highest BCUT2D eigenvalue weighted by molar-refractivity contribution is 5.88. The number of carbonyl (C=O) groups is 2. The van der Waals surface area contributed by atoms with Crippen LogP contribution in [0.2, 0.25) is 0 Å². The summed E-state index contributed by atoms with van der Waals surface area (Å²) in [7, 11) is 4.88. The number of aliphatic hydroxyl groups excluding tert-OH is 2. The lowest BCUT2D eigenvalue weighted by molar-refractivity contribution is -0.321. The maximum absolute atomic E-state index is 14.5. The Morgan fingerprint density at radius 2 is 1.62 bits per heavy atom. The fourth-order valence-electron chi connectivity index (χ4n) is 9.79. The van der Waals surface area contributed by atoms with Crippen molar-refractivity contribution in [2.75, 3.05) is 27.9 Å². The Kier molecular flexibility index (Phi) is 18.7. The Balaban J connectivity index is 1.81. The first-order valence-corrected chi connectivity index (χ1v) is 22.7. The van der Waals surface area contributed by atoms with Gasteiger partial charge in [-0.25, -0.2) is 4.79 Å². The average Bonchev–Trinajstić information content (AvgIpc) is 3.20. The largest absolute Gasteiger partial charge is 0.456 e. The molecule has 0 unspecified atom stereocenters. The highest BCUT2D eigenvalue weighted by atomic mass is 16.7. The highest BCUT2D eigenvalue weighted by Gasteiger charge is 2.51. The molecule has 344 valence electrons. The number of allylic oxidation sites excluding steroid dienone is 3. The number of ether oxygens (including phenoxy) is 5. The number of hydrogen-bond acceptors (Lipinski definition) is 12. The Morgan fingerprint density at radius 3 is 2.25 bits per heavy atom. The van der Waals surface area contributed by atoms with Crippen LogP contribution in [0.5, 0.6) is 0 Å². The minimum atomic E-state index is -1.81. The molecule has 13 heteroatoms. The molecule has 0 aromatic heterocycles. The van der Waals surface area contributed by atoms with Crippen molar-refractivity contribution in [3.05, 3.63) is 23.3 Å². The van der Waals surface area contributed by atoms with Gasteiger partial charge in [0.25, 0.3) is 0 Å². The van der Waals surface area contributed by atoms with E-state index in [0.717, 1.165) is 36.8 Å². The number of cyclic esters (lactones) is 1. The van der Waals surface area contributed by atoms with Crippen LogP contribution in [0.3, 0.4) is 0 Å². The van der Waals surface area contributed by atoms with Gasteiger partial charge in [0.15, 0.2) is 5.79 Å². The van der Waals surface area contributed by atoms with Crippen LogP contribution in [0, 0.1) is 29.6 Å². The highest BCUT2D eigenvalue weighted by Crippen LogP contribution is 2.40. The lowest BCUT2D eigenvalue weighted by Crippen LogP contribution is -2.59. The fraction of sp³-hybridized carbons (Fsp3) is 0.851. The van der Waals surface area contributed by atoms with Gasteiger partial charge in [-0.05, 0) is 116 Å². The van der Waals surface area contributed by atoms with Crippen molar-refractivity contribution in [2.24, 2.45) is 34.7 Å². The molecule has 3 heterocycles. The van der Waals surface area contributed by atoms with Crippen molar-refractivity contribution in [3.63, 3.8) is 0 Å². The van der Waals surface area contributed by atoms with Gasteiger partial charge < -0.3 is 48.7 Å². The van der Waals surface area contributed by atoms with Crippen LogP contribution < -0.4 is 0 Å². The van der Waals surface area contributed by atoms with Crippen molar-refractivity contribution in [1.29, 1.82) is 0 Å². The van der Waals surface area contributed by atoms with Crippen LogP contribution in [-0.4, -0.2) is 126 Å². The molecule has 3 N–H and O–H groups in total. The zero-order valence-corrected chi connectivity index (χ0v) is 38.9. The van der Waals surface area contributed by atoms with Gasteiger partial charge in [0.2, 0.25) is 5.91 Å². The number of amides is 1. The van der Waals surface area contributed by atoms with E-state index in [-0.39, 0.29) is 48.7 Å². The summed E-state index contributed by atoms with van der Waals surface area (Å²) >= 11 is 0. The molecule has 2 saturated heterocycles. The first-order valence-electron chi connectivity index (χ1n) is 22.7. The number of nitrogens with zero attached hydrogens (tertiary/aromatic N) is 2. The molecule has 1 aliphatic carbocycles. The second kappa shape index (κ2) is 22.3. The number of rotatable bonds is 7. The normalized spacial score (nSPS) is 40.5. The molecule has 14 atom stereocenters. The number of aliphatic hydroxyl groups is 3. The number of piperidine rings is 1. The van der Waals surface area contributed by atoms with E-state index < -0.39 is 65.8 Å². The summed E-state index contributed by atoms with van der Waals surface area (Å²) < 4.78 is 30.6. The fourth-order valence-corrected chi connectivity index (χ4v) is 9.79. The van der Waals surface area contributed by atoms with Gasteiger partial charge in [0.1, 0.15) is 23.9 Å². The Bertz CT molecular complexity index is 1490. The second-order valence-corrected chi connectivity index (χ2v) is 19.6. The topological polar surface area (TPSA) is 166 Å². The summed E-state index contributed by atoms with van der Waals surface area (Å²) in [5, 5.41) is 39.6. The molecule has 1 amide bonds. The van der Waals surface area contributed by atoms with Crippen LogP contribution in [0.25, 0.3) is 0 Å². The minimum absolute atomic E-state index is 0.0639. The zero-order chi connectivity index (χ0) is 44.5. The van der Waals surface area contributed by atoms with E-state index in [9.17, 15) is 24.9 Å². The van der Waals surface area contributed by atoms with Gasteiger partial charge in [-0.1, -0.05) is 50.6 Å². The number of esters is 1. The molecule has 3 fully saturated rings. The van der Waals surface area contributed by atoms with Crippen molar-refractivity contribution < 1.29 is 53.4 Å². The first-order chi connectivity index (χ1) is 28.2. The minimum Gasteiger partial charge on any atom is -0.456 e. The second-order valence-electron chi connectivity index (χ2n) is 19.6. The van der Waals surface area contributed by atoms with E-state index >= 15 is 0 Å². The molecule has 0 aromatic carbocycles. The lowest BCUT2D eigenvalue weighted by Gasteiger charge is -2.48. The number of hydrogen-bond donors (Lipinski definition) is 3. The SMILES string of the molecule is CC[C@@H]1/C=C(\C)C[C@H](C)C[C@H](OC)[C@H]2O[C@@](O)(CC(=O)N3CCCC[C@H]3C(=O)O[C@H](/C(C)=C/[C@@H]3CC[C@@H](O)[C@H](OC)C3)[C@H](C)[C@@H](O)C/C1=N/OC(C)(C)C)[C@H](C)C[C@@H]2OC. The summed E-state index contributed by atoms with van der Waals surface area (Å²) in [6, 6.07) is -0.879. The molecule has 1 saturated carbocycles. The summed E-state index contributed by atoms with van der Waals surface area (Å²) in [5.41, 5.74) is 2.07. The Labute approximate surface area is 360 Å². The molecule has 13 nitrogen and oxygen atoms in total. The smallest absolute Gasteiger partial charge is 0.329 e. The predicted molar refractivity (Wildman–Crippen MR) is 231 cm³/mol. The maximum Gasteiger partial charge on any atom is 0.329 e. The summed E-state index contributed by atoms with van der Waals surface area (Å²) in [4.78, 5) is 36.5. The van der Waals surface area contributed by atoms with Crippen LogP contribution in [0.15, 0.2) is 28.5 Å². The Morgan fingerprint density at radius 1 is 0.950 bits per heavy atom. The molecule has 0 spiro atoms. The molecule has 60 heavy (non-hydrogen) atoms. The van der Waals surface area contributed by atoms with E-state index in [1.807, 2.05) is 41.5 Å². The number of fused-ring (bicyclic) bond motifs is 3. The van der Waals surface area contributed by atoms with Crippen LogP contribution in [0.4, 0.5) is 0 Å². The van der Waals surface area contributed by atoms with Gasteiger partial charge in [0, 0.05) is 52.0 Å². The van der Waals surface area contributed by atoms with E-state index in [2.05, 4.69) is 32.9 Å². The van der Waals surface area contributed by atoms with Gasteiger partial charge in [-0.2, -0.15) is 0 Å². The monoisotopic (exact) mass is 849 g/mol. The summed E-state index contributed by atoms with van der Waals surface area (Å²) in [6.07, 6.45) is 6.40. The van der Waals surface area contributed by atoms with Gasteiger partial charge in [0.05, 0.1) is 42.7 Å². The van der Waals surface area contributed by atoms with Gasteiger partial charge >= 0.3 is 5.97 Å². The molecule has 4 rings (SSSR count). The molecular formula is C47H80N2O11. The number of carbonyl (C=O) groups excluding carboxylic acids is 2. The third kappa shape index (κ3) is 13.3. The lowest BCUT2D eigenvalue weighted by atomic mass is 9.81. The molecule has 3 aliphatic heterocycles. The standard InChI is InChI=1S/C47H80N2O11/c1-13-34-21-28(2)20-29(3)22-40(56-11)44-41(57-12)24-31(5)47(54,59-44)27-42(52)49-19-15-14-16-36(49)45(53)58-43(30(4)23-33-17-18-37(50)39(25-33)55-10)32(6)38(51)26-35(34)48-60-46(7,8)9/h21,23,29,31-34,36-41,43-44,50-51,54H,13-20,22,24-27H2,1-12H3/b28-21+,30-23+,48-35-/t29-,31+,32+,33-,34+,36-,37+,38-,39+,40-,41-,43+,44+,47-/m0/s1. The van der Waals surface area contributed by atoms with Crippen molar-refractivity contribution in [1.82, 2.24) is 4.90 Å². The number of methoxy groups -OCH3 is 3. The summed E-state index contributed by atoms with van der Waals surface area (Å²) in [5.74, 6) is -3.68. The molecule has 0 aromatic rings. The maximum atomic E-state index is 14.5. The third-order valence-electron chi connectivity index (χ3n) is 13.4. The molecular weight excluding hydrogens is 769 g/mol. The molecule has 4 aliphatic rings. The predicted octanol–water partition coefficient (Wildman–Crippen LogP) is 6.90. The van der Waals surface area contributed by atoms with Gasteiger partial charge in [-0.3, -0.25) is 4.79 Å². The quantitative estimate of drug-likeness (QED) is 0.139. The number of oxime groups is 1. The molecule has 0 radical (unpaired) electrons. The van der Waals surface area contributed by atoms with Crippen LogP contribution >= 0.6 is 0 Å². The van der Waals surface area contributed by atoms with Crippen LogP contribution in [0.1, 0.15) is 139 Å². The van der Waals surface area contributed by atoms with Crippen LogP contribution in [-0.2, 0) is 38.1 Å². The van der Waals surface area contributed by atoms with E-state index in [4.69, 9.17) is 33.7 Å². The average molecular weight is 849 g/mol. The van der Waals surface area contributed by atoms with E-state index in [1.165, 1.54) is 0 Å². The van der Waals surface area contributed by atoms with E-state index in [1.54, 1.807) is 26.2 Å². The zero-order valence-electron chi connectivity index (χ0n) is 38.9. The third-order valence-corrected chi connectivity index (χ3v) is 13.4. The van der Waals surface area contributed by atoms with Crippen molar-refractivity contribution >= 4 is 17.6 Å². The van der Waals surface area contributed by atoms with Crippen molar-refractivity contribution in [2.45, 2.75) is 200 Å².